The monoisotopic (exact) mass is 252 g/mol. The predicted octanol–water partition coefficient (Wildman–Crippen LogP) is 1.23. The molecular formula is C11H22F2N2O2. The maximum absolute atomic E-state index is 14.2. The van der Waals surface area contributed by atoms with E-state index in [-0.39, 0.29) is 13.2 Å². The van der Waals surface area contributed by atoms with Crippen LogP contribution in [-0.4, -0.2) is 68.6 Å². The Kier molecular flexibility index (Phi) is 4.83. The lowest BCUT2D eigenvalue weighted by Gasteiger charge is -2.39. The summed E-state index contributed by atoms with van der Waals surface area (Å²) in [5.41, 5.74) is -0.680. The third-order valence-corrected chi connectivity index (χ3v) is 3.09. The lowest BCUT2D eigenvalue weighted by molar-refractivity contribution is -0.242. The highest BCUT2D eigenvalue weighted by molar-refractivity contribution is 4.91. The van der Waals surface area contributed by atoms with Crippen molar-refractivity contribution in [1.29, 1.82) is 0 Å². The molecule has 0 N–H and O–H groups in total. The zero-order chi connectivity index (χ0) is 13.1. The fraction of sp³-hybridized carbons (Fsp3) is 1.00. The molecule has 0 aliphatic carbocycles. The Bertz CT molecular complexity index is 250. The fourth-order valence-electron chi connectivity index (χ4n) is 2.21. The number of alkyl halides is 2. The van der Waals surface area contributed by atoms with E-state index in [2.05, 4.69) is 0 Å². The summed E-state index contributed by atoms with van der Waals surface area (Å²) >= 11 is 0. The predicted molar refractivity (Wildman–Crippen MR) is 61.1 cm³/mol. The van der Waals surface area contributed by atoms with Crippen LogP contribution < -0.4 is 0 Å². The first kappa shape index (κ1) is 14.8. The molecule has 0 amide bonds. The molecule has 0 aromatic rings. The summed E-state index contributed by atoms with van der Waals surface area (Å²) in [6.45, 7) is 5.06. The normalized spacial score (nSPS) is 22.2. The first-order valence-electron chi connectivity index (χ1n) is 5.74. The van der Waals surface area contributed by atoms with Gasteiger partial charge in [0.1, 0.15) is 0 Å². The minimum Gasteiger partial charge on any atom is -0.383 e. The highest BCUT2D eigenvalue weighted by Gasteiger charge is 2.53. The quantitative estimate of drug-likeness (QED) is 0.664. The molecule has 0 saturated carbocycles. The van der Waals surface area contributed by atoms with Gasteiger partial charge in [-0.3, -0.25) is 0 Å². The molecule has 0 bridgehead atoms. The second kappa shape index (κ2) is 5.56. The molecular weight excluding hydrogens is 230 g/mol. The highest BCUT2D eigenvalue weighted by atomic mass is 19.3. The van der Waals surface area contributed by atoms with Gasteiger partial charge in [-0.15, -0.1) is 0 Å². The second-order valence-electron chi connectivity index (χ2n) is 4.89. The van der Waals surface area contributed by atoms with Crippen LogP contribution in [-0.2, 0) is 9.47 Å². The summed E-state index contributed by atoms with van der Waals surface area (Å²) < 4.78 is 38.2. The number of rotatable bonds is 6. The summed E-state index contributed by atoms with van der Waals surface area (Å²) in [6, 6.07) is 0. The summed E-state index contributed by atoms with van der Waals surface area (Å²) in [5, 5.41) is 0. The highest BCUT2D eigenvalue weighted by Crippen LogP contribution is 2.35. The van der Waals surface area contributed by atoms with Crippen LogP contribution in [0.5, 0.6) is 0 Å². The Labute approximate surface area is 101 Å². The van der Waals surface area contributed by atoms with Crippen molar-refractivity contribution >= 4 is 0 Å². The summed E-state index contributed by atoms with van der Waals surface area (Å²) in [7, 11) is 3.04. The van der Waals surface area contributed by atoms with Crippen LogP contribution in [0.15, 0.2) is 0 Å². The van der Waals surface area contributed by atoms with E-state index < -0.39 is 11.7 Å². The molecule has 1 fully saturated rings. The zero-order valence-corrected chi connectivity index (χ0v) is 11.0. The molecule has 0 spiro atoms. The molecule has 0 atom stereocenters. The first-order chi connectivity index (χ1) is 7.86. The van der Waals surface area contributed by atoms with Gasteiger partial charge in [-0.05, 0) is 13.8 Å². The third kappa shape index (κ3) is 3.13. The zero-order valence-electron chi connectivity index (χ0n) is 11.0. The number of methoxy groups -OCH3 is 2. The van der Waals surface area contributed by atoms with Gasteiger partial charge in [-0.25, -0.2) is 9.80 Å². The topological polar surface area (TPSA) is 24.9 Å². The van der Waals surface area contributed by atoms with Crippen LogP contribution in [0.4, 0.5) is 8.78 Å². The molecule has 0 unspecified atom stereocenters. The Morgan fingerprint density at radius 3 is 2.35 bits per heavy atom. The number of hydrogen-bond acceptors (Lipinski definition) is 4. The minimum absolute atomic E-state index is 0.239. The van der Waals surface area contributed by atoms with E-state index in [9.17, 15) is 8.78 Å². The lowest BCUT2D eigenvalue weighted by atomic mass is 10.1. The molecule has 17 heavy (non-hydrogen) atoms. The van der Waals surface area contributed by atoms with Gasteiger partial charge in [0, 0.05) is 39.4 Å². The van der Waals surface area contributed by atoms with Gasteiger partial charge in [0.05, 0.1) is 13.2 Å². The Hall–Kier alpha value is -0.300. The molecule has 6 heteroatoms. The van der Waals surface area contributed by atoms with E-state index in [0.29, 0.717) is 19.7 Å². The molecule has 1 rings (SSSR count). The molecule has 0 aromatic carbocycles. The van der Waals surface area contributed by atoms with Crippen molar-refractivity contribution in [3.63, 3.8) is 0 Å². The summed E-state index contributed by atoms with van der Waals surface area (Å²) in [6.07, 6.45) is -2.93. The average Bonchev–Trinajstić information content (AvgIpc) is 2.51. The standard InChI is InChI=1S/C11H22F2N2O2/c1-10(2,9-17-4)15-6-5-14(7-8-16-3)11(15,12)13/h5-9H2,1-4H3. The van der Waals surface area contributed by atoms with Crippen LogP contribution in [0.3, 0.4) is 0 Å². The number of hydrogen-bond donors (Lipinski definition) is 0. The van der Waals surface area contributed by atoms with Crippen molar-refractivity contribution in [3.05, 3.63) is 0 Å². The van der Waals surface area contributed by atoms with Gasteiger partial charge in [-0.2, -0.15) is 8.78 Å². The maximum Gasteiger partial charge on any atom is 0.370 e. The minimum atomic E-state index is -2.93. The van der Waals surface area contributed by atoms with Crippen molar-refractivity contribution in [1.82, 2.24) is 9.80 Å². The average molecular weight is 252 g/mol. The first-order valence-corrected chi connectivity index (χ1v) is 5.74. The van der Waals surface area contributed by atoms with Crippen LogP contribution >= 0.6 is 0 Å². The summed E-state index contributed by atoms with van der Waals surface area (Å²) in [5.74, 6) is 0. The number of nitrogens with zero attached hydrogens (tertiary/aromatic N) is 2. The summed E-state index contributed by atoms with van der Waals surface area (Å²) in [4.78, 5) is 2.34. The Morgan fingerprint density at radius 2 is 1.82 bits per heavy atom. The third-order valence-electron chi connectivity index (χ3n) is 3.09. The Morgan fingerprint density at radius 1 is 1.18 bits per heavy atom. The van der Waals surface area contributed by atoms with Gasteiger partial charge < -0.3 is 9.47 Å². The SMILES string of the molecule is COCCN1CCN(C(C)(C)COC)C1(F)F. The van der Waals surface area contributed by atoms with E-state index in [0.717, 1.165) is 4.90 Å². The van der Waals surface area contributed by atoms with Crippen molar-refractivity contribution in [3.8, 4) is 0 Å². The van der Waals surface area contributed by atoms with Crippen LogP contribution in [0, 0.1) is 0 Å². The maximum atomic E-state index is 14.2. The van der Waals surface area contributed by atoms with E-state index >= 15 is 0 Å². The van der Waals surface area contributed by atoms with E-state index in [4.69, 9.17) is 9.47 Å². The number of ether oxygens (including phenoxy) is 2. The van der Waals surface area contributed by atoms with Crippen LogP contribution in [0.1, 0.15) is 13.8 Å². The van der Waals surface area contributed by atoms with Gasteiger partial charge in [0.15, 0.2) is 0 Å². The molecule has 1 saturated heterocycles. The van der Waals surface area contributed by atoms with Crippen molar-refractivity contribution in [2.24, 2.45) is 0 Å². The molecule has 1 aliphatic heterocycles. The molecule has 102 valence electrons. The van der Waals surface area contributed by atoms with Crippen molar-refractivity contribution < 1.29 is 18.3 Å². The van der Waals surface area contributed by atoms with Crippen LogP contribution in [0.25, 0.3) is 0 Å². The van der Waals surface area contributed by atoms with Crippen LogP contribution in [0.2, 0.25) is 0 Å². The molecule has 0 radical (unpaired) electrons. The fourth-order valence-corrected chi connectivity index (χ4v) is 2.21. The number of halogens is 2. The van der Waals surface area contributed by atoms with Crippen molar-refractivity contribution in [2.75, 3.05) is 47.1 Å². The molecule has 1 aliphatic rings. The molecule has 4 nitrogen and oxygen atoms in total. The van der Waals surface area contributed by atoms with Gasteiger partial charge >= 0.3 is 6.17 Å². The van der Waals surface area contributed by atoms with Gasteiger partial charge in [0.2, 0.25) is 0 Å². The second-order valence-corrected chi connectivity index (χ2v) is 4.89. The Balaban J connectivity index is 2.71. The van der Waals surface area contributed by atoms with E-state index in [1.807, 2.05) is 0 Å². The van der Waals surface area contributed by atoms with E-state index in [1.54, 1.807) is 13.8 Å². The van der Waals surface area contributed by atoms with Gasteiger partial charge in [-0.1, -0.05) is 0 Å². The van der Waals surface area contributed by atoms with Crippen molar-refractivity contribution in [2.45, 2.75) is 25.6 Å². The molecule has 1 heterocycles. The lowest BCUT2D eigenvalue weighted by Crippen LogP contribution is -2.57. The van der Waals surface area contributed by atoms with Gasteiger partial charge in [0.25, 0.3) is 0 Å². The largest absolute Gasteiger partial charge is 0.383 e. The van der Waals surface area contributed by atoms with E-state index in [1.165, 1.54) is 19.1 Å². The smallest absolute Gasteiger partial charge is 0.370 e. The molecule has 0 aromatic heterocycles.